The van der Waals surface area contributed by atoms with Crippen molar-refractivity contribution in [2.75, 3.05) is 58.9 Å². The zero-order chi connectivity index (χ0) is 16.8. The number of rotatable bonds is 6. The molecule has 2 saturated heterocycles. The second-order valence-electron chi connectivity index (χ2n) is 7.32. The van der Waals surface area contributed by atoms with Gasteiger partial charge in [-0.1, -0.05) is 12.8 Å². The molecule has 0 aromatic carbocycles. The molecule has 24 heavy (non-hydrogen) atoms. The van der Waals surface area contributed by atoms with Crippen molar-refractivity contribution >= 4 is 11.9 Å². The van der Waals surface area contributed by atoms with E-state index in [9.17, 15) is 4.79 Å². The average Bonchev–Trinajstić information content (AvgIpc) is 3.24. The highest BCUT2D eigenvalue weighted by atomic mass is 16.2. The Morgan fingerprint density at radius 2 is 1.75 bits per heavy atom. The SMILES string of the molecule is CCNC(=NCCC1CC1)N1CCN(CC(=O)N2CCCC2)CC1. The number of carbonyl (C=O) groups excluding carboxylic acids is 1. The minimum absolute atomic E-state index is 0.311. The van der Waals surface area contributed by atoms with E-state index in [1.165, 1.54) is 32.1 Å². The van der Waals surface area contributed by atoms with E-state index in [0.717, 1.165) is 64.2 Å². The lowest BCUT2D eigenvalue weighted by atomic mass is 10.3. The van der Waals surface area contributed by atoms with Crippen LogP contribution >= 0.6 is 0 Å². The summed E-state index contributed by atoms with van der Waals surface area (Å²) in [6, 6.07) is 0. The summed E-state index contributed by atoms with van der Waals surface area (Å²) in [5.41, 5.74) is 0. The zero-order valence-electron chi connectivity index (χ0n) is 15.2. The predicted octanol–water partition coefficient (Wildman–Crippen LogP) is 0.992. The van der Waals surface area contributed by atoms with Gasteiger partial charge in [-0.2, -0.15) is 0 Å². The van der Waals surface area contributed by atoms with Crippen LogP contribution in [0.5, 0.6) is 0 Å². The Morgan fingerprint density at radius 3 is 2.38 bits per heavy atom. The normalized spacial score (nSPS) is 23.0. The van der Waals surface area contributed by atoms with Gasteiger partial charge in [0.05, 0.1) is 6.54 Å². The van der Waals surface area contributed by atoms with Crippen molar-refractivity contribution in [2.24, 2.45) is 10.9 Å². The molecule has 3 aliphatic rings. The summed E-state index contributed by atoms with van der Waals surface area (Å²) < 4.78 is 0. The lowest BCUT2D eigenvalue weighted by Crippen LogP contribution is -2.54. The average molecular weight is 335 g/mol. The fraction of sp³-hybridized carbons (Fsp3) is 0.889. The van der Waals surface area contributed by atoms with E-state index in [4.69, 9.17) is 4.99 Å². The van der Waals surface area contributed by atoms with Gasteiger partial charge < -0.3 is 15.1 Å². The van der Waals surface area contributed by atoms with E-state index < -0.39 is 0 Å². The number of likely N-dealkylation sites (tertiary alicyclic amines) is 1. The molecule has 0 atom stereocenters. The maximum atomic E-state index is 12.3. The van der Waals surface area contributed by atoms with Gasteiger partial charge in [-0.25, -0.2) is 0 Å². The van der Waals surface area contributed by atoms with Crippen LogP contribution in [0, 0.1) is 5.92 Å². The van der Waals surface area contributed by atoms with Crippen molar-refractivity contribution in [1.82, 2.24) is 20.0 Å². The van der Waals surface area contributed by atoms with E-state index >= 15 is 0 Å². The van der Waals surface area contributed by atoms with Gasteiger partial charge >= 0.3 is 0 Å². The Labute approximate surface area is 146 Å². The van der Waals surface area contributed by atoms with Crippen LogP contribution in [0.4, 0.5) is 0 Å². The molecule has 0 aromatic heterocycles. The topological polar surface area (TPSA) is 51.2 Å². The summed E-state index contributed by atoms with van der Waals surface area (Å²) in [4.78, 5) is 23.8. The fourth-order valence-corrected chi connectivity index (χ4v) is 3.56. The van der Waals surface area contributed by atoms with Gasteiger partial charge in [-0.05, 0) is 32.1 Å². The number of carbonyl (C=O) groups is 1. The predicted molar refractivity (Wildman–Crippen MR) is 97.1 cm³/mol. The third-order valence-electron chi connectivity index (χ3n) is 5.32. The molecule has 2 aliphatic heterocycles. The number of piperazine rings is 1. The van der Waals surface area contributed by atoms with Crippen molar-refractivity contribution < 1.29 is 4.79 Å². The number of hydrogen-bond donors (Lipinski definition) is 1. The van der Waals surface area contributed by atoms with E-state index in [0.29, 0.717) is 12.5 Å². The molecule has 136 valence electrons. The molecule has 1 amide bonds. The number of guanidine groups is 1. The van der Waals surface area contributed by atoms with Crippen LogP contribution in [-0.2, 0) is 4.79 Å². The maximum absolute atomic E-state index is 12.3. The van der Waals surface area contributed by atoms with Gasteiger partial charge in [0.1, 0.15) is 0 Å². The summed E-state index contributed by atoms with van der Waals surface area (Å²) in [5.74, 6) is 2.31. The first kappa shape index (κ1) is 17.5. The molecule has 3 rings (SSSR count). The molecule has 0 radical (unpaired) electrons. The molecule has 2 heterocycles. The molecular formula is C18H33N5O. The van der Waals surface area contributed by atoms with Crippen LogP contribution in [0.3, 0.4) is 0 Å². The number of hydrogen-bond acceptors (Lipinski definition) is 3. The lowest BCUT2D eigenvalue weighted by Gasteiger charge is -2.36. The van der Waals surface area contributed by atoms with Crippen LogP contribution in [0.2, 0.25) is 0 Å². The lowest BCUT2D eigenvalue weighted by molar-refractivity contribution is -0.131. The largest absolute Gasteiger partial charge is 0.357 e. The number of aliphatic imine (C=N–C) groups is 1. The molecule has 0 aromatic rings. The van der Waals surface area contributed by atoms with Gasteiger partial charge in [0.15, 0.2) is 5.96 Å². The van der Waals surface area contributed by atoms with Gasteiger partial charge in [-0.3, -0.25) is 14.7 Å². The third-order valence-corrected chi connectivity index (χ3v) is 5.32. The van der Waals surface area contributed by atoms with Crippen LogP contribution in [-0.4, -0.2) is 85.5 Å². The van der Waals surface area contributed by atoms with Gasteiger partial charge in [-0.15, -0.1) is 0 Å². The first-order chi connectivity index (χ1) is 11.8. The summed E-state index contributed by atoms with van der Waals surface area (Å²) in [6.07, 6.45) is 6.37. The Morgan fingerprint density at radius 1 is 1.04 bits per heavy atom. The fourth-order valence-electron chi connectivity index (χ4n) is 3.56. The molecule has 1 N–H and O–H groups in total. The first-order valence-corrected chi connectivity index (χ1v) is 9.79. The van der Waals surface area contributed by atoms with Gasteiger partial charge in [0.2, 0.25) is 5.91 Å². The summed E-state index contributed by atoms with van der Waals surface area (Å²) in [6.45, 7) is 10.3. The van der Waals surface area contributed by atoms with E-state index in [1.807, 2.05) is 4.90 Å². The second-order valence-corrected chi connectivity index (χ2v) is 7.32. The van der Waals surface area contributed by atoms with Crippen LogP contribution in [0.25, 0.3) is 0 Å². The second kappa shape index (κ2) is 8.70. The highest BCUT2D eigenvalue weighted by molar-refractivity contribution is 5.80. The van der Waals surface area contributed by atoms with Crippen molar-refractivity contribution in [3.63, 3.8) is 0 Å². The number of nitrogens with one attached hydrogen (secondary N) is 1. The standard InChI is InChI=1S/C18H33N5O/c1-2-19-18(20-8-7-16-5-6-16)23-13-11-21(12-14-23)15-17(24)22-9-3-4-10-22/h16H,2-15H2,1H3,(H,19,20). The van der Waals surface area contributed by atoms with E-state index in [1.54, 1.807) is 0 Å². The third kappa shape index (κ3) is 5.10. The minimum atomic E-state index is 0.311. The van der Waals surface area contributed by atoms with Crippen molar-refractivity contribution in [3.05, 3.63) is 0 Å². The minimum Gasteiger partial charge on any atom is -0.357 e. The van der Waals surface area contributed by atoms with Crippen molar-refractivity contribution in [2.45, 2.75) is 39.0 Å². The van der Waals surface area contributed by atoms with Gasteiger partial charge in [0.25, 0.3) is 0 Å². The van der Waals surface area contributed by atoms with Crippen molar-refractivity contribution in [3.8, 4) is 0 Å². The molecule has 6 nitrogen and oxygen atoms in total. The van der Waals surface area contributed by atoms with Crippen LogP contribution in [0.1, 0.15) is 39.0 Å². The summed E-state index contributed by atoms with van der Waals surface area (Å²) in [7, 11) is 0. The smallest absolute Gasteiger partial charge is 0.236 e. The molecule has 0 bridgehead atoms. The molecule has 0 unspecified atom stereocenters. The number of nitrogens with zero attached hydrogens (tertiary/aromatic N) is 4. The number of amides is 1. The highest BCUT2D eigenvalue weighted by Crippen LogP contribution is 2.32. The van der Waals surface area contributed by atoms with Gasteiger partial charge in [0, 0.05) is 52.4 Å². The summed E-state index contributed by atoms with van der Waals surface area (Å²) >= 11 is 0. The van der Waals surface area contributed by atoms with E-state index in [-0.39, 0.29) is 0 Å². The Bertz CT molecular complexity index is 435. The molecule has 3 fully saturated rings. The molecule has 6 heteroatoms. The zero-order valence-corrected chi connectivity index (χ0v) is 15.2. The van der Waals surface area contributed by atoms with Crippen LogP contribution in [0.15, 0.2) is 4.99 Å². The van der Waals surface area contributed by atoms with E-state index in [2.05, 4.69) is 22.0 Å². The Kier molecular flexibility index (Phi) is 6.35. The summed E-state index contributed by atoms with van der Waals surface area (Å²) in [5, 5.41) is 3.43. The molecule has 0 spiro atoms. The molecule has 1 aliphatic carbocycles. The van der Waals surface area contributed by atoms with Crippen molar-refractivity contribution in [1.29, 1.82) is 0 Å². The molecular weight excluding hydrogens is 302 g/mol. The Hall–Kier alpha value is -1.30. The first-order valence-electron chi connectivity index (χ1n) is 9.79. The molecule has 1 saturated carbocycles. The Balaban J connectivity index is 1.42. The van der Waals surface area contributed by atoms with Crippen LogP contribution < -0.4 is 5.32 Å². The highest BCUT2D eigenvalue weighted by Gasteiger charge is 2.25. The monoisotopic (exact) mass is 335 g/mol. The quantitative estimate of drug-likeness (QED) is 0.581. The maximum Gasteiger partial charge on any atom is 0.236 e.